The number of sulfonamides is 1. The van der Waals surface area contributed by atoms with Crippen molar-refractivity contribution in [2.45, 2.75) is 4.90 Å². The van der Waals surface area contributed by atoms with Crippen molar-refractivity contribution in [3.05, 3.63) is 82.8 Å². The van der Waals surface area contributed by atoms with Crippen LogP contribution in [0.4, 0.5) is 0 Å². The number of nitrogens with one attached hydrogen (secondary N) is 2. The highest BCUT2D eigenvalue weighted by Gasteiger charge is 2.13. The Balaban J connectivity index is 1.45. The molecule has 0 heterocycles. The van der Waals surface area contributed by atoms with E-state index in [-0.39, 0.29) is 4.90 Å². The molecule has 140 valence electrons. The van der Waals surface area contributed by atoms with Gasteiger partial charge in [-0.1, -0.05) is 70.5 Å². The fraction of sp³-hybridized carbons (Fsp3) is 0.143. The lowest BCUT2D eigenvalue weighted by Gasteiger charge is -2.08. The third kappa shape index (κ3) is 5.74. The summed E-state index contributed by atoms with van der Waals surface area (Å²) in [6.07, 6.45) is 4.04. The summed E-state index contributed by atoms with van der Waals surface area (Å²) in [5, 5.41) is 5.13. The van der Waals surface area contributed by atoms with Gasteiger partial charge in [-0.15, -0.1) is 0 Å². The van der Waals surface area contributed by atoms with Crippen molar-refractivity contribution in [3.63, 3.8) is 0 Å². The molecule has 0 bridgehead atoms. The molecule has 0 spiro atoms. The Labute approximate surface area is 168 Å². The van der Waals surface area contributed by atoms with Crippen LogP contribution in [0, 0.1) is 0 Å². The summed E-state index contributed by atoms with van der Waals surface area (Å²) in [7, 11) is -3.50. The lowest BCUT2D eigenvalue weighted by molar-refractivity contribution is 0.578. The zero-order chi connectivity index (χ0) is 19.1. The minimum absolute atomic E-state index is 0.288. The molecule has 6 heteroatoms. The smallest absolute Gasteiger partial charge is 0.240 e. The summed E-state index contributed by atoms with van der Waals surface area (Å²) in [6, 6.07) is 20.9. The number of halogens is 1. The predicted molar refractivity (Wildman–Crippen MR) is 115 cm³/mol. The van der Waals surface area contributed by atoms with E-state index in [0.717, 1.165) is 20.8 Å². The van der Waals surface area contributed by atoms with Gasteiger partial charge in [-0.2, -0.15) is 0 Å². The SMILES string of the molecule is O=S(=O)(NCCNC/C=C/c1ccc(Br)cc1)c1ccc2ccccc2c1. The second kappa shape index (κ2) is 9.28. The van der Waals surface area contributed by atoms with E-state index in [4.69, 9.17) is 0 Å². The second-order valence-corrected chi connectivity index (χ2v) is 8.75. The molecule has 4 nitrogen and oxygen atoms in total. The number of benzene rings is 3. The van der Waals surface area contributed by atoms with E-state index in [1.54, 1.807) is 12.1 Å². The van der Waals surface area contributed by atoms with Crippen molar-refractivity contribution < 1.29 is 8.42 Å². The lowest BCUT2D eigenvalue weighted by atomic mass is 10.1. The molecule has 0 saturated carbocycles. The average Bonchev–Trinajstić information content (AvgIpc) is 2.68. The van der Waals surface area contributed by atoms with Gasteiger partial charge in [0.2, 0.25) is 10.0 Å². The van der Waals surface area contributed by atoms with Crippen molar-refractivity contribution in [2.24, 2.45) is 0 Å². The van der Waals surface area contributed by atoms with E-state index in [9.17, 15) is 8.42 Å². The third-order valence-corrected chi connectivity index (χ3v) is 6.05. The van der Waals surface area contributed by atoms with Gasteiger partial charge in [0.15, 0.2) is 0 Å². The molecule has 3 aromatic carbocycles. The fourth-order valence-electron chi connectivity index (χ4n) is 2.65. The fourth-order valence-corrected chi connectivity index (χ4v) is 3.98. The zero-order valence-corrected chi connectivity index (χ0v) is 17.1. The van der Waals surface area contributed by atoms with Crippen LogP contribution in [0.25, 0.3) is 16.8 Å². The van der Waals surface area contributed by atoms with E-state index < -0.39 is 10.0 Å². The normalized spacial score (nSPS) is 12.0. The van der Waals surface area contributed by atoms with Crippen LogP contribution < -0.4 is 10.0 Å². The van der Waals surface area contributed by atoms with Gasteiger partial charge in [-0.3, -0.25) is 0 Å². The first-order valence-electron chi connectivity index (χ1n) is 8.66. The molecule has 0 saturated heterocycles. The standard InChI is InChI=1S/C21H21BrN2O2S/c22-20-10-7-17(8-11-20)4-3-13-23-14-15-24-27(25,26)21-12-9-18-5-1-2-6-19(18)16-21/h1-12,16,23-24H,13-15H2/b4-3+. The molecule has 27 heavy (non-hydrogen) atoms. The van der Waals surface area contributed by atoms with Gasteiger partial charge < -0.3 is 5.32 Å². The highest BCUT2D eigenvalue weighted by Crippen LogP contribution is 2.18. The topological polar surface area (TPSA) is 58.2 Å². The van der Waals surface area contributed by atoms with Crippen molar-refractivity contribution in [1.82, 2.24) is 10.0 Å². The molecule has 3 rings (SSSR count). The van der Waals surface area contributed by atoms with Gasteiger partial charge in [-0.05, 0) is 40.6 Å². The van der Waals surface area contributed by atoms with Gasteiger partial charge >= 0.3 is 0 Å². The Morgan fingerprint density at radius 2 is 1.63 bits per heavy atom. The maximum absolute atomic E-state index is 12.4. The van der Waals surface area contributed by atoms with Crippen LogP contribution in [-0.4, -0.2) is 28.1 Å². The maximum atomic E-state index is 12.4. The number of rotatable bonds is 8. The van der Waals surface area contributed by atoms with Crippen LogP contribution in [0.15, 0.2) is 82.2 Å². The molecule has 0 atom stereocenters. The van der Waals surface area contributed by atoms with Crippen LogP contribution in [0.2, 0.25) is 0 Å². The number of hydrogen-bond donors (Lipinski definition) is 2. The highest BCUT2D eigenvalue weighted by atomic mass is 79.9. The molecule has 0 aliphatic heterocycles. The minimum atomic E-state index is -3.50. The van der Waals surface area contributed by atoms with E-state index in [1.807, 2.05) is 66.7 Å². The molecule has 0 radical (unpaired) electrons. The van der Waals surface area contributed by atoms with E-state index in [2.05, 4.69) is 26.0 Å². The summed E-state index contributed by atoms with van der Waals surface area (Å²) in [5.41, 5.74) is 1.12. The molecular formula is C21H21BrN2O2S. The lowest BCUT2D eigenvalue weighted by Crippen LogP contribution is -2.31. The first-order chi connectivity index (χ1) is 13.0. The van der Waals surface area contributed by atoms with Crippen LogP contribution in [0.5, 0.6) is 0 Å². The van der Waals surface area contributed by atoms with E-state index >= 15 is 0 Å². The van der Waals surface area contributed by atoms with Crippen molar-refractivity contribution in [1.29, 1.82) is 0 Å². The summed E-state index contributed by atoms with van der Waals surface area (Å²) in [5.74, 6) is 0. The van der Waals surface area contributed by atoms with E-state index in [0.29, 0.717) is 19.6 Å². The van der Waals surface area contributed by atoms with Crippen LogP contribution in [0.1, 0.15) is 5.56 Å². The van der Waals surface area contributed by atoms with Gasteiger partial charge in [0.1, 0.15) is 0 Å². The summed E-state index contributed by atoms with van der Waals surface area (Å²) in [6.45, 7) is 1.56. The highest BCUT2D eigenvalue weighted by molar-refractivity contribution is 9.10. The van der Waals surface area contributed by atoms with Gasteiger partial charge in [-0.25, -0.2) is 13.1 Å². The van der Waals surface area contributed by atoms with Crippen LogP contribution in [-0.2, 0) is 10.0 Å². The molecule has 0 unspecified atom stereocenters. The summed E-state index contributed by atoms with van der Waals surface area (Å²) >= 11 is 3.41. The quantitative estimate of drug-likeness (QED) is 0.512. The molecular weight excluding hydrogens is 424 g/mol. The number of hydrogen-bond acceptors (Lipinski definition) is 3. The zero-order valence-electron chi connectivity index (χ0n) is 14.7. The molecule has 0 fully saturated rings. The Hall–Kier alpha value is -1.99. The van der Waals surface area contributed by atoms with Crippen molar-refractivity contribution >= 4 is 42.8 Å². The summed E-state index contributed by atoms with van der Waals surface area (Å²) in [4.78, 5) is 0.288. The monoisotopic (exact) mass is 444 g/mol. The molecule has 0 amide bonds. The van der Waals surface area contributed by atoms with Crippen molar-refractivity contribution in [3.8, 4) is 0 Å². The first-order valence-corrected chi connectivity index (χ1v) is 10.9. The predicted octanol–water partition coefficient (Wildman–Crippen LogP) is 4.18. The molecule has 0 aliphatic carbocycles. The summed E-state index contributed by atoms with van der Waals surface area (Å²) < 4.78 is 28.5. The minimum Gasteiger partial charge on any atom is -0.312 e. The molecule has 0 aliphatic rings. The van der Waals surface area contributed by atoms with Crippen LogP contribution >= 0.6 is 15.9 Å². The van der Waals surface area contributed by atoms with Crippen molar-refractivity contribution in [2.75, 3.05) is 19.6 Å². The molecule has 3 aromatic rings. The van der Waals surface area contributed by atoms with Gasteiger partial charge in [0, 0.05) is 24.1 Å². The molecule has 0 aromatic heterocycles. The molecule has 2 N–H and O–H groups in total. The Kier molecular flexibility index (Phi) is 6.79. The largest absolute Gasteiger partial charge is 0.312 e. The average molecular weight is 445 g/mol. The second-order valence-electron chi connectivity index (χ2n) is 6.06. The Morgan fingerprint density at radius 3 is 2.41 bits per heavy atom. The third-order valence-electron chi connectivity index (χ3n) is 4.07. The van der Waals surface area contributed by atoms with Gasteiger partial charge in [0.05, 0.1) is 4.90 Å². The Morgan fingerprint density at radius 1 is 0.889 bits per heavy atom. The Bertz CT molecular complexity index is 1030. The first kappa shape index (κ1) is 19.8. The number of fused-ring (bicyclic) bond motifs is 1. The van der Waals surface area contributed by atoms with E-state index in [1.165, 1.54) is 0 Å². The van der Waals surface area contributed by atoms with Gasteiger partial charge in [0.25, 0.3) is 0 Å². The van der Waals surface area contributed by atoms with Crippen LogP contribution in [0.3, 0.4) is 0 Å². The maximum Gasteiger partial charge on any atom is 0.240 e.